The van der Waals surface area contributed by atoms with E-state index in [-0.39, 0.29) is 5.91 Å². The molecule has 6 nitrogen and oxygen atoms in total. The summed E-state index contributed by atoms with van der Waals surface area (Å²) in [4.78, 5) is 16.9. The summed E-state index contributed by atoms with van der Waals surface area (Å²) in [6.07, 6.45) is 1.86. The SMILES string of the molecule is CCN(CC)c1ccc2c(c1)Oc1cc(N)ccc1C21c2ccccc2C(=O)N1/N=C/c1ccccc1P(c1ccccc1)c1ccccc1. The average Bonchev–Trinajstić information content (AvgIpc) is 3.40. The molecule has 246 valence electrons. The lowest BCUT2D eigenvalue weighted by molar-refractivity contribution is 0.0675. The number of nitrogen functional groups attached to an aromatic ring is 1. The molecule has 0 radical (unpaired) electrons. The van der Waals surface area contributed by atoms with Gasteiger partial charge in [0.1, 0.15) is 17.0 Å². The van der Waals surface area contributed by atoms with Gasteiger partial charge in [0.05, 0.1) is 6.21 Å². The highest BCUT2D eigenvalue weighted by molar-refractivity contribution is 7.80. The Kier molecular flexibility index (Phi) is 8.18. The fourth-order valence-electron chi connectivity index (χ4n) is 7.39. The number of fused-ring (bicyclic) bond motifs is 6. The van der Waals surface area contributed by atoms with Crippen LogP contribution in [0.5, 0.6) is 11.5 Å². The Bertz CT molecular complexity index is 2200. The van der Waals surface area contributed by atoms with Crippen molar-refractivity contribution < 1.29 is 9.53 Å². The summed E-state index contributed by atoms with van der Waals surface area (Å²) in [5.74, 6) is 1.11. The highest BCUT2D eigenvalue weighted by atomic mass is 31.1. The van der Waals surface area contributed by atoms with Crippen molar-refractivity contribution in [1.29, 1.82) is 0 Å². The molecule has 1 unspecified atom stereocenters. The Morgan fingerprint density at radius 1 is 0.720 bits per heavy atom. The monoisotopic (exact) mass is 672 g/mol. The number of anilines is 2. The lowest BCUT2D eigenvalue weighted by Crippen LogP contribution is -2.44. The highest BCUT2D eigenvalue weighted by Gasteiger charge is 2.57. The van der Waals surface area contributed by atoms with Crippen molar-refractivity contribution in [2.45, 2.75) is 19.4 Å². The van der Waals surface area contributed by atoms with Gasteiger partial charge in [-0.3, -0.25) is 4.79 Å². The second kappa shape index (κ2) is 13.0. The van der Waals surface area contributed by atoms with E-state index >= 15 is 0 Å². The van der Waals surface area contributed by atoms with Gasteiger partial charge in [-0.2, -0.15) is 5.10 Å². The fourth-order valence-corrected chi connectivity index (χ4v) is 9.81. The Morgan fingerprint density at radius 2 is 1.32 bits per heavy atom. The van der Waals surface area contributed by atoms with Gasteiger partial charge in [0, 0.05) is 64.4 Å². The van der Waals surface area contributed by atoms with Gasteiger partial charge in [0.15, 0.2) is 0 Å². The van der Waals surface area contributed by atoms with E-state index in [1.807, 2.05) is 66.9 Å². The first-order valence-electron chi connectivity index (χ1n) is 17.0. The molecule has 2 heterocycles. The van der Waals surface area contributed by atoms with Crippen LogP contribution in [0.15, 0.2) is 151 Å². The molecule has 1 amide bonds. The third-order valence-corrected chi connectivity index (χ3v) is 12.2. The van der Waals surface area contributed by atoms with E-state index in [9.17, 15) is 4.79 Å². The highest BCUT2D eigenvalue weighted by Crippen LogP contribution is 2.58. The topological polar surface area (TPSA) is 71.2 Å². The van der Waals surface area contributed by atoms with Crippen molar-refractivity contribution in [3.05, 3.63) is 173 Å². The third kappa shape index (κ3) is 5.07. The number of benzene rings is 6. The minimum absolute atomic E-state index is 0.175. The quantitative estimate of drug-likeness (QED) is 0.102. The number of hydrazone groups is 1. The molecular formula is C43H37N4O2P. The van der Waals surface area contributed by atoms with Crippen molar-refractivity contribution in [3.8, 4) is 11.5 Å². The van der Waals surface area contributed by atoms with Gasteiger partial charge in [-0.25, -0.2) is 5.01 Å². The van der Waals surface area contributed by atoms with Crippen LogP contribution in [0.25, 0.3) is 0 Å². The van der Waals surface area contributed by atoms with E-state index in [0.29, 0.717) is 22.7 Å². The van der Waals surface area contributed by atoms with Crippen LogP contribution in [0.2, 0.25) is 0 Å². The summed E-state index contributed by atoms with van der Waals surface area (Å²) in [5, 5.41) is 10.5. The lowest BCUT2D eigenvalue weighted by Gasteiger charge is -2.42. The van der Waals surface area contributed by atoms with Crippen LogP contribution in [0.1, 0.15) is 46.5 Å². The number of nitrogens with zero attached hydrogens (tertiary/aromatic N) is 3. The second-order valence-electron chi connectivity index (χ2n) is 12.4. The molecule has 7 heteroatoms. The van der Waals surface area contributed by atoms with E-state index in [4.69, 9.17) is 15.6 Å². The smallest absolute Gasteiger partial charge is 0.275 e. The molecule has 1 spiro atoms. The number of hydrogen-bond acceptors (Lipinski definition) is 5. The normalized spacial score (nSPS) is 16.0. The van der Waals surface area contributed by atoms with Crippen molar-refractivity contribution in [2.75, 3.05) is 23.7 Å². The van der Waals surface area contributed by atoms with Crippen molar-refractivity contribution >= 4 is 47.3 Å². The molecule has 2 N–H and O–H groups in total. The number of hydrogen-bond donors (Lipinski definition) is 1. The van der Waals surface area contributed by atoms with Crippen LogP contribution >= 0.6 is 7.92 Å². The second-order valence-corrected chi connectivity index (χ2v) is 14.6. The molecule has 8 rings (SSSR count). The first-order valence-corrected chi connectivity index (χ1v) is 18.3. The summed E-state index contributed by atoms with van der Waals surface area (Å²) < 4.78 is 6.64. The molecule has 50 heavy (non-hydrogen) atoms. The first kappa shape index (κ1) is 31.6. The molecule has 0 saturated heterocycles. The average molecular weight is 673 g/mol. The van der Waals surface area contributed by atoms with Gasteiger partial charge >= 0.3 is 0 Å². The van der Waals surface area contributed by atoms with Crippen LogP contribution in [0.4, 0.5) is 11.4 Å². The molecule has 0 fully saturated rings. The zero-order valence-corrected chi connectivity index (χ0v) is 28.9. The van der Waals surface area contributed by atoms with Gasteiger partial charge < -0.3 is 15.4 Å². The molecule has 2 aliphatic rings. The van der Waals surface area contributed by atoms with Crippen molar-refractivity contribution in [3.63, 3.8) is 0 Å². The van der Waals surface area contributed by atoms with Crippen LogP contribution in [-0.4, -0.2) is 30.2 Å². The molecule has 0 aromatic heterocycles. The zero-order valence-electron chi connectivity index (χ0n) is 28.0. The number of amides is 1. The number of nitrogens with two attached hydrogens (primary N) is 1. The van der Waals surface area contributed by atoms with Crippen molar-refractivity contribution in [1.82, 2.24) is 5.01 Å². The Labute approximate surface area is 294 Å². The summed E-state index contributed by atoms with van der Waals surface area (Å²) in [6, 6.07) is 49.4. The van der Waals surface area contributed by atoms with Gasteiger partial charge in [0.25, 0.3) is 5.91 Å². The van der Waals surface area contributed by atoms with Gasteiger partial charge in [-0.1, -0.05) is 115 Å². The Hall–Kier alpha value is -5.71. The minimum Gasteiger partial charge on any atom is -0.456 e. The van der Waals surface area contributed by atoms with Gasteiger partial charge in [0.2, 0.25) is 0 Å². The Balaban J connectivity index is 1.34. The van der Waals surface area contributed by atoms with Crippen LogP contribution in [-0.2, 0) is 5.54 Å². The maximum Gasteiger partial charge on any atom is 0.275 e. The minimum atomic E-state index is -1.08. The van der Waals surface area contributed by atoms with E-state index in [1.54, 1.807) is 5.01 Å². The molecule has 0 saturated carbocycles. The maximum absolute atomic E-state index is 14.7. The molecular weight excluding hydrogens is 635 g/mol. The molecule has 6 aromatic rings. The van der Waals surface area contributed by atoms with Crippen molar-refractivity contribution in [2.24, 2.45) is 5.10 Å². The molecule has 1 atom stereocenters. The number of carbonyl (C=O) groups excluding carboxylic acids is 1. The molecule has 6 aromatic carbocycles. The van der Waals surface area contributed by atoms with Crippen LogP contribution < -0.4 is 31.3 Å². The summed E-state index contributed by atoms with van der Waals surface area (Å²) >= 11 is 0. The van der Waals surface area contributed by atoms with E-state index in [2.05, 4.69) is 104 Å². The summed E-state index contributed by atoms with van der Waals surface area (Å²) in [6.45, 7) is 6.00. The molecule has 2 aliphatic heterocycles. The summed E-state index contributed by atoms with van der Waals surface area (Å²) in [7, 11) is -0.906. The number of carbonyl (C=O) groups is 1. The molecule has 0 bridgehead atoms. The van der Waals surface area contributed by atoms with Crippen LogP contribution in [0, 0.1) is 0 Å². The fraction of sp³-hybridized carbons (Fsp3) is 0.116. The third-order valence-electron chi connectivity index (χ3n) is 9.68. The largest absolute Gasteiger partial charge is 0.456 e. The zero-order chi connectivity index (χ0) is 34.2. The lowest BCUT2D eigenvalue weighted by atomic mass is 9.75. The van der Waals surface area contributed by atoms with Crippen LogP contribution in [0.3, 0.4) is 0 Å². The first-order chi connectivity index (χ1) is 24.5. The Morgan fingerprint density at radius 3 is 2.02 bits per heavy atom. The van der Waals surface area contributed by atoms with Gasteiger partial charge in [-0.05, 0) is 55.9 Å². The van der Waals surface area contributed by atoms with Gasteiger partial charge in [-0.15, -0.1) is 0 Å². The standard InChI is InChI=1S/C43H37N4O2P/c1-3-46(4-2)32-24-26-38-40(28-32)49-39-27-31(44)23-25-37(39)43(38)36-21-13-12-20-35(36)42(48)47(43)45-29-30-15-11-14-22-41(30)50(33-16-7-5-8-17-33)34-18-9-6-10-19-34/h5-29H,3-4,44H2,1-2H3/b45-29+. The predicted molar refractivity (Wildman–Crippen MR) is 206 cm³/mol. The van der Waals surface area contributed by atoms with E-state index in [0.717, 1.165) is 46.3 Å². The predicted octanol–water partition coefficient (Wildman–Crippen LogP) is 7.76. The maximum atomic E-state index is 14.7. The molecule has 0 aliphatic carbocycles. The summed E-state index contributed by atoms with van der Waals surface area (Å²) in [5.41, 5.74) is 11.0. The van der Waals surface area contributed by atoms with E-state index < -0.39 is 13.5 Å². The van der Waals surface area contributed by atoms with E-state index in [1.165, 1.54) is 10.6 Å². The number of ether oxygens (including phenoxy) is 1. The number of rotatable bonds is 8.